The van der Waals surface area contributed by atoms with Gasteiger partial charge in [-0.3, -0.25) is 9.78 Å². The lowest BCUT2D eigenvalue weighted by molar-refractivity contribution is 0.0645. The first-order valence-corrected chi connectivity index (χ1v) is 7.74. The zero-order chi connectivity index (χ0) is 13.8. The van der Waals surface area contributed by atoms with Crippen molar-refractivity contribution in [2.75, 3.05) is 26.2 Å². The molecule has 3 rings (SSSR count). The highest BCUT2D eigenvalue weighted by atomic mass is 16.2. The number of carbonyl (C=O) groups is 1. The molecule has 0 aromatic carbocycles. The van der Waals surface area contributed by atoms with Crippen molar-refractivity contribution in [3.63, 3.8) is 0 Å². The Balaban J connectivity index is 1.54. The van der Waals surface area contributed by atoms with Crippen LogP contribution in [0.4, 0.5) is 0 Å². The Labute approximate surface area is 120 Å². The molecule has 4 heteroatoms. The van der Waals surface area contributed by atoms with Gasteiger partial charge >= 0.3 is 0 Å². The van der Waals surface area contributed by atoms with Crippen LogP contribution in [0.2, 0.25) is 0 Å². The summed E-state index contributed by atoms with van der Waals surface area (Å²) < 4.78 is 0. The molecule has 0 radical (unpaired) electrons. The molecule has 0 spiro atoms. The summed E-state index contributed by atoms with van der Waals surface area (Å²) in [5, 5.41) is 3.50. The van der Waals surface area contributed by atoms with E-state index in [9.17, 15) is 4.79 Å². The molecule has 0 saturated carbocycles. The summed E-state index contributed by atoms with van der Waals surface area (Å²) >= 11 is 0. The van der Waals surface area contributed by atoms with E-state index in [4.69, 9.17) is 0 Å². The third kappa shape index (κ3) is 3.01. The van der Waals surface area contributed by atoms with Gasteiger partial charge in [0.25, 0.3) is 5.91 Å². The number of pyridine rings is 1. The zero-order valence-corrected chi connectivity index (χ0v) is 11.9. The molecule has 2 saturated heterocycles. The van der Waals surface area contributed by atoms with Gasteiger partial charge in [-0.05, 0) is 62.7 Å². The minimum atomic E-state index is 0.137. The molecule has 3 heterocycles. The molecule has 1 atom stereocenters. The van der Waals surface area contributed by atoms with Gasteiger partial charge in [0.15, 0.2) is 0 Å². The summed E-state index contributed by atoms with van der Waals surface area (Å²) in [6.07, 6.45) is 8.34. The molecule has 1 N–H and O–H groups in total. The third-order valence-corrected chi connectivity index (χ3v) is 4.74. The number of nitrogens with one attached hydrogen (secondary N) is 1. The highest BCUT2D eigenvalue weighted by molar-refractivity contribution is 5.93. The fourth-order valence-electron chi connectivity index (χ4n) is 3.53. The number of hydrogen-bond donors (Lipinski definition) is 1. The van der Waals surface area contributed by atoms with Crippen molar-refractivity contribution in [3.8, 4) is 0 Å². The van der Waals surface area contributed by atoms with Crippen LogP contribution in [-0.2, 0) is 0 Å². The van der Waals surface area contributed by atoms with E-state index in [-0.39, 0.29) is 5.91 Å². The van der Waals surface area contributed by atoms with E-state index < -0.39 is 0 Å². The Hall–Kier alpha value is -1.42. The number of piperidine rings is 2. The average Bonchev–Trinajstić information content (AvgIpc) is 2.56. The predicted molar refractivity (Wildman–Crippen MR) is 78.5 cm³/mol. The first kappa shape index (κ1) is 13.6. The number of amides is 1. The molecule has 2 aliphatic heterocycles. The average molecular weight is 273 g/mol. The molecule has 1 unspecified atom stereocenters. The van der Waals surface area contributed by atoms with E-state index in [1.54, 1.807) is 12.4 Å². The van der Waals surface area contributed by atoms with E-state index in [0.29, 0.717) is 5.56 Å². The first-order valence-electron chi connectivity index (χ1n) is 7.74. The normalized spacial score (nSPS) is 24.6. The number of likely N-dealkylation sites (tertiary alicyclic amines) is 1. The van der Waals surface area contributed by atoms with Gasteiger partial charge in [-0.15, -0.1) is 0 Å². The first-order chi connectivity index (χ1) is 9.84. The summed E-state index contributed by atoms with van der Waals surface area (Å²) in [7, 11) is 0. The van der Waals surface area contributed by atoms with Gasteiger partial charge < -0.3 is 10.2 Å². The Morgan fingerprint density at radius 2 is 2.10 bits per heavy atom. The third-order valence-electron chi connectivity index (χ3n) is 4.74. The fourth-order valence-corrected chi connectivity index (χ4v) is 3.53. The number of rotatable bonds is 2. The largest absolute Gasteiger partial charge is 0.339 e. The molecule has 108 valence electrons. The molecule has 1 aromatic heterocycles. The number of carbonyl (C=O) groups excluding carboxylic acids is 1. The van der Waals surface area contributed by atoms with Crippen LogP contribution in [0.15, 0.2) is 24.5 Å². The second-order valence-electron chi connectivity index (χ2n) is 5.98. The van der Waals surface area contributed by atoms with Gasteiger partial charge in [0, 0.05) is 25.5 Å². The molecule has 1 aromatic rings. The van der Waals surface area contributed by atoms with Gasteiger partial charge in [0.1, 0.15) is 0 Å². The Kier molecular flexibility index (Phi) is 4.31. The fraction of sp³-hybridized carbons (Fsp3) is 0.625. The molecule has 2 aliphatic rings. The van der Waals surface area contributed by atoms with Crippen LogP contribution in [0.5, 0.6) is 0 Å². The van der Waals surface area contributed by atoms with E-state index in [1.807, 2.05) is 17.0 Å². The zero-order valence-electron chi connectivity index (χ0n) is 11.9. The van der Waals surface area contributed by atoms with E-state index in [0.717, 1.165) is 37.8 Å². The minimum Gasteiger partial charge on any atom is -0.339 e. The SMILES string of the molecule is O=C(c1cccnc1)N1CCC(C2CCCNC2)CC1. The Morgan fingerprint density at radius 3 is 2.75 bits per heavy atom. The molecular weight excluding hydrogens is 250 g/mol. The smallest absolute Gasteiger partial charge is 0.255 e. The van der Waals surface area contributed by atoms with Crippen molar-refractivity contribution in [1.29, 1.82) is 0 Å². The van der Waals surface area contributed by atoms with Crippen molar-refractivity contribution in [1.82, 2.24) is 15.2 Å². The number of nitrogens with zero attached hydrogens (tertiary/aromatic N) is 2. The van der Waals surface area contributed by atoms with Crippen LogP contribution >= 0.6 is 0 Å². The topological polar surface area (TPSA) is 45.2 Å². The van der Waals surface area contributed by atoms with E-state index >= 15 is 0 Å². The van der Waals surface area contributed by atoms with Gasteiger partial charge in [-0.25, -0.2) is 0 Å². The Morgan fingerprint density at radius 1 is 1.25 bits per heavy atom. The molecule has 20 heavy (non-hydrogen) atoms. The lowest BCUT2D eigenvalue weighted by Crippen LogP contribution is -2.43. The summed E-state index contributed by atoms with van der Waals surface area (Å²) in [6, 6.07) is 3.68. The van der Waals surface area contributed by atoms with E-state index in [1.165, 1.54) is 25.9 Å². The second-order valence-corrected chi connectivity index (χ2v) is 5.98. The highest BCUT2D eigenvalue weighted by Crippen LogP contribution is 2.29. The van der Waals surface area contributed by atoms with E-state index in [2.05, 4.69) is 10.3 Å². The summed E-state index contributed by atoms with van der Waals surface area (Å²) in [6.45, 7) is 4.14. The lowest BCUT2D eigenvalue weighted by Gasteiger charge is -2.37. The van der Waals surface area contributed by atoms with Crippen LogP contribution < -0.4 is 5.32 Å². The Bertz CT molecular complexity index is 434. The van der Waals surface area contributed by atoms with Crippen molar-refractivity contribution >= 4 is 5.91 Å². The maximum absolute atomic E-state index is 12.4. The molecule has 2 fully saturated rings. The highest BCUT2D eigenvalue weighted by Gasteiger charge is 2.29. The monoisotopic (exact) mass is 273 g/mol. The van der Waals surface area contributed by atoms with Gasteiger partial charge in [0.05, 0.1) is 5.56 Å². The van der Waals surface area contributed by atoms with Crippen LogP contribution in [0, 0.1) is 11.8 Å². The summed E-state index contributed by atoms with van der Waals surface area (Å²) in [4.78, 5) is 18.4. The van der Waals surface area contributed by atoms with Gasteiger partial charge in [-0.1, -0.05) is 0 Å². The van der Waals surface area contributed by atoms with Crippen molar-refractivity contribution in [3.05, 3.63) is 30.1 Å². The number of aromatic nitrogens is 1. The molecular formula is C16H23N3O. The van der Waals surface area contributed by atoms with Crippen LogP contribution in [0.1, 0.15) is 36.0 Å². The standard InChI is InChI=1S/C16H23N3O/c20-16(15-4-2-8-18-12-15)19-9-5-13(6-10-19)14-3-1-7-17-11-14/h2,4,8,12-14,17H,1,3,5-7,9-11H2. The van der Waals surface area contributed by atoms with Crippen LogP contribution in [-0.4, -0.2) is 42.0 Å². The van der Waals surface area contributed by atoms with Crippen molar-refractivity contribution in [2.24, 2.45) is 11.8 Å². The van der Waals surface area contributed by atoms with Crippen LogP contribution in [0.25, 0.3) is 0 Å². The van der Waals surface area contributed by atoms with Crippen molar-refractivity contribution < 1.29 is 4.79 Å². The van der Waals surface area contributed by atoms with Gasteiger partial charge in [0.2, 0.25) is 0 Å². The molecule has 0 aliphatic carbocycles. The molecule has 0 bridgehead atoms. The summed E-state index contributed by atoms with van der Waals surface area (Å²) in [5.74, 6) is 1.75. The quantitative estimate of drug-likeness (QED) is 0.895. The summed E-state index contributed by atoms with van der Waals surface area (Å²) in [5.41, 5.74) is 0.713. The lowest BCUT2D eigenvalue weighted by atomic mass is 9.80. The van der Waals surface area contributed by atoms with Crippen molar-refractivity contribution in [2.45, 2.75) is 25.7 Å². The maximum Gasteiger partial charge on any atom is 0.255 e. The minimum absolute atomic E-state index is 0.137. The molecule has 4 nitrogen and oxygen atoms in total. The maximum atomic E-state index is 12.4. The predicted octanol–water partition coefficient (Wildman–Crippen LogP) is 1.93. The second kappa shape index (κ2) is 6.35. The number of hydrogen-bond acceptors (Lipinski definition) is 3. The van der Waals surface area contributed by atoms with Gasteiger partial charge in [-0.2, -0.15) is 0 Å². The molecule has 1 amide bonds. The van der Waals surface area contributed by atoms with Crippen LogP contribution in [0.3, 0.4) is 0 Å².